The van der Waals surface area contributed by atoms with Crippen molar-refractivity contribution in [3.8, 4) is 5.75 Å². The maximum atomic E-state index is 12.8. The monoisotopic (exact) mass is 402 g/mol. The number of piperidine rings is 1. The molecule has 1 amide bonds. The molecule has 0 unspecified atom stereocenters. The minimum atomic E-state index is -3.65. The summed E-state index contributed by atoms with van der Waals surface area (Å²) in [5.41, 5.74) is 0. The first-order valence-electron chi connectivity index (χ1n) is 9.05. The third kappa shape index (κ3) is 4.57. The van der Waals surface area contributed by atoms with Gasteiger partial charge >= 0.3 is 0 Å². The number of ether oxygens (including phenoxy) is 1. The zero-order valence-corrected chi connectivity index (χ0v) is 16.0. The Labute approximate surface area is 158 Å². The van der Waals surface area contributed by atoms with Crippen molar-refractivity contribution in [2.45, 2.75) is 43.0 Å². The molecule has 27 heavy (non-hydrogen) atoms. The molecule has 0 N–H and O–H groups in total. The van der Waals surface area contributed by atoms with Crippen LogP contribution in [0.3, 0.4) is 0 Å². The maximum Gasteiger partial charge on any atom is 0.255 e. The Morgan fingerprint density at radius 3 is 2.26 bits per heavy atom. The quantitative estimate of drug-likeness (QED) is 0.702. The molecular weight excluding hydrogens is 378 g/mol. The van der Waals surface area contributed by atoms with E-state index in [4.69, 9.17) is 4.74 Å². The Bertz CT molecular complexity index is 758. The number of amides is 1. The van der Waals surface area contributed by atoms with Crippen LogP contribution in [0.1, 0.15) is 25.7 Å². The lowest BCUT2D eigenvalue weighted by Gasteiger charge is -2.33. The molecular formula is C18H24F2N2O4S. The van der Waals surface area contributed by atoms with Gasteiger partial charge in [-0.1, -0.05) is 0 Å². The van der Waals surface area contributed by atoms with Crippen LogP contribution in [0.4, 0.5) is 8.78 Å². The van der Waals surface area contributed by atoms with Gasteiger partial charge in [-0.15, -0.1) is 0 Å². The summed E-state index contributed by atoms with van der Waals surface area (Å²) in [7, 11) is -2.14. The van der Waals surface area contributed by atoms with Crippen molar-refractivity contribution in [3.05, 3.63) is 24.3 Å². The molecule has 0 atom stereocenters. The smallest absolute Gasteiger partial charge is 0.255 e. The van der Waals surface area contributed by atoms with Gasteiger partial charge in [0.1, 0.15) is 5.75 Å². The summed E-state index contributed by atoms with van der Waals surface area (Å²) >= 11 is 0. The van der Waals surface area contributed by atoms with Crippen LogP contribution in [0.2, 0.25) is 0 Å². The van der Waals surface area contributed by atoms with Gasteiger partial charge in [-0.05, 0) is 49.9 Å². The Kier molecular flexibility index (Phi) is 6.00. The van der Waals surface area contributed by atoms with E-state index < -0.39 is 28.9 Å². The number of sulfonamides is 1. The van der Waals surface area contributed by atoms with Crippen LogP contribution in [0.25, 0.3) is 0 Å². The molecule has 0 bridgehead atoms. The van der Waals surface area contributed by atoms with E-state index in [1.54, 1.807) is 12.1 Å². The fraction of sp³-hybridized carbons (Fsp3) is 0.611. The maximum absolute atomic E-state index is 12.8. The zero-order valence-electron chi connectivity index (χ0n) is 15.2. The van der Waals surface area contributed by atoms with Crippen LogP contribution in [0.15, 0.2) is 29.2 Å². The molecule has 1 aliphatic heterocycles. The molecule has 1 saturated carbocycles. The number of rotatable bonds is 7. The van der Waals surface area contributed by atoms with Crippen molar-refractivity contribution in [1.29, 1.82) is 0 Å². The van der Waals surface area contributed by atoms with Crippen molar-refractivity contribution in [3.63, 3.8) is 0 Å². The molecule has 0 spiro atoms. The molecule has 6 nitrogen and oxygen atoms in total. The number of carbonyl (C=O) groups is 1. The number of halogens is 2. The van der Waals surface area contributed by atoms with Crippen molar-refractivity contribution >= 4 is 15.9 Å². The number of alkyl halides is 2. The lowest BCUT2D eigenvalue weighted by atomic mass is 9.96. The number of methoxy groups -OCH3 is 1. The third-order valence-electron chi connectivity index (χ3n) is 5.11. The number of hydrogen-bond acceptors (Lipinski definition) is 4. The van der Waals surface area contributed by atoms with E-state index in [9.17, 15) is 22.0 Å². The summed E-state index contributed by atoms with van der Waals surface area (Å²) < 4.78 is 57.4. The predicted molar refractivity (Wildman–Crippen MR) is 95.2 cm³/mol. The lowest BCUT2D eigenvalue weighted by Crippen LogP contribution is -2.46. The Morgan fingerprint density at radius 2 is 1.78 bits per heavy atom. The Balaban J connectivity index is 1.62. The van der Waals surface area contributed by atoms with E-state index in [1.165, 1.54) is 28.4 Å². The number of nitrogens with zero attached hydrogens (tertiary/aromatic N) is 2. The molecule has 1 saturated heterocycles. The third-order valence-corrected chi connectivity index (χ3v) is 7.02. The first-order chi connectivity index (χ1) is 12.8. The highest BCUT2D eigenvalue weighted by molar-refractivity contribution is 7.89. The van der Waals surface area contributed by atoms with Gasteiger partial charge in [-0.25, -0.2) is 17.2 Å². The standard InChI is InChI=1S/C18H24F2N2O4S/c1-26-15-4-6-16(7-5-15)27(24,25)21-10-8-13(9-11-21)18(23)22(12-17(19)20)14-2-3-14/h4-7,13-14,17H,2-3,8-12H2,1H3. The first-order valence-corrected chi connectivity index (χ1v) is 10.5. The second kappa shape index (κ2) is 8.10. The molecule has 1 aliphatic carbocycles. The minimum Gasteiger partial charge on any atom is -0.497 e. The SMILES string of the molecule is COc1ccc(S(=O)(=O)N2CCC(C(=O)N(CC(F)F)C3CC3)CC2)cc1. The largest absolute Gasteiger partial charge is 0.497 e. The summed E-state index contributed by atoms with van der Waals surface area (Å²) in [5, 5.41) is 0. The molecule has 150 valence electrons. The van der Waals surface area contributed by atoms with Gasteiger partial charge in [0, 0.05) is 25.0 Å². The van der Waals surface area contributed by atoms with Crippen molar-refractivity contribution in [2.75, 3.05) is 26.7 Å². The van der Waals surface area contributed by atoms with Crippen LogP contribution >= 0.6 is 0 Å². The topological polar surface area (TPSA) is 66.9 Å². The number of benzene rings is 1. The highest BCUT2D eigenvalue weighted by Crippen LogP contribution is 2.32. The van der Waals surface area contributed by atoms with E-state index in [0.29, 0.717) is 18.6 Å². The average molecular weight is 402 g/mol. The average Bonchev–Trinajstić information content (AvgIpc) is 3.50. The Morgan fingerprint density at radius 1 is 1.19 bits per heavy atom. The van der Waals surface area contributed by atoms with Gasteiger partial charge in [-0.2, -0.15) is 4.31 Å². The van der Waals surface area contributed by atoms with Crippen LogP contribution in [-0.4, -0.2) is 62.7 Å². The first kappa shape index (κ1) is 20.0. The van der Waals surface area contributed by atoms with Gasteiger partial charge in [0.15, 0.2) is 0 Å². The van der Waals surface area contributed by atoms with Gasteiger partial charge in [-0.3, -0.25) is 4.79 Å². The summed E-state index contributed by atoms with van der Waals surface area (Å²) in [6.07, 6.45) is -0.321. The van der Waals surface area contributed by atoms with Gasteiger partial charge < -0.3 is 9.64 Å². The minimum absolute atomic E-state index is 0.0763. The van der Waals surface area contributed by atoms with E-state index in [-0.39, 0.29) is 29.9 Å². The second-order valence-corrected chi connectivity index (χ2v) is 8.90. The molecule has 2 fully saturated rings. The lowest BCUT2D eigenvalue weighted by molar-refractivity contribution is -0.139. The highest BCUT2D eigenvalue weighted by Gasteiger charge is 2.39. The molecule has 0 radical (unpaired) electrons. The number of carbonyl (C=O) groups excluding carboxylic acids is 1. The van der Waals surface area contributed by atoms with Crippen LogP contribution in [0, 0.1) is 5.92 Å². The summed E-state index contributed by atoms with van der Waals surface area (Å²) in [4.78, 5) is 14.1. The van der Waals surface area contributed by atoms with E-state index in [2.05, 4.69) is 0 Å². The molecule has 1 heterocycles. The van der Waals surface area contributed by atoms with E-state index in [1.807, 2.05) is 0 Å². The molecule has 2 aliphatic rings. The zero-order chi connectivity index (χ0) is 19.6. The summed E-state index contributed by atoms with van der Waals surface area (Å²) in [5.74, 6) is -0.0941. The van der Waals surface area contributed by atoms with Crippen molar-refractivity contribution < 1.29 is 26.7 Å². The summed E-state index contributed by atoms with van der Waals surface area (Å²) in [6.45, 7) is -0.121. The molecule has 3 rings (SSSR count). The van der Waals surface area contributed by atoms with E-state index >= 15 is 0 Å². The molecule has 9 heteroatoms. The fourth-order valence-corrected chi connectivity index (χ4v) is 4.90. The predicted octanol–water partition coefficient (Wildman–Crippen LogP) is 2.35. The highest BCUT2D eigenvalue weighted by atomic mass is 32.2. The number of hydrogen-bond donors (Lipinski definition) is 0. The van der Waals surface area contributed by atoms with Gasteiger partial charge in [0.05, 0.1) is 18.6 Å². The molecule has 0 aromatic heterocycles. The molecule has 1 aromatic rings. The van der Waals surface area contributed by atoms with E-state index in [0.717, 1.165) is 12.8 Å². The normalized spacial score (nSPS) is 19.3. The van der Waals surface area contributed by atoms with Crippen molar-refractivity contribution in [2.24, 2.45) is 5.92 Å². The summed E-state index contributed by atoms with van der Waals surface area (Å²) in [6, 6.07) is 6.07. The van der Waals surface area contributed by atoms with Gasteiger partial charge in [0.25, 0.3) is 6.43 Å². The van der Waals surface area contributed by atoms with Gasteiger partial charge in [0.2, 0.25) is 15.9 Å². The van der Waals surface area contributed by atoms with Crippen LogP contribution in [0.5, 0.6) is 5.75 Å². The molecule has 1 aromatic carbocycles. The Hall–Kier alpha value is -1.74. The fourth-order valence-electron chi connectivity index (χ4n) is 3.43. The second-order valence-electron chi connectivity index (χ2n) is 6.97. The van der Waals surface area contributed by atoms with Crippen molar-refractivity contribution in [1.82, 2.24) is 9.21 Å². The van der Waals surface area contributed by atoms with Crippen LogP contribution in [-0.2, 0) is 14.8 Å². The van der Waals surface area contributed by atoms with Crippen LogP contribution < -0.4 is 4.74 Å².